The van der Waals surface area contributed by atoms with E-state index < -0.39 is 12.0 Å². The van der Waals surface area contributed by atoms with Gasteiger partial charge in [0, 0.05) is 13.2 Å². The number of aliphatic hydroxyl groups is 1. The number of nitrogens with two attached hydrogens (primary N) is 1. The molecule has 0 saturated carbocycles. The number of aryl methyl sites for hydroxylation is 1. The van der Waals surface area contributed by atoms with E-state index in [0.29, 0.717) is 13.0 Å². The summed E-state index contributed by atoms with van der Waals surface area (Å²) in [6, 6.07) is 16.0. The zero-order valence-electron chi connectivity index (χ0n) is 17.2. The zero-order chi connectivity index (χ0) is 21.5. The van der Waals surface area contributed by atoms with Crippen molar-refractivity contribution in [1.29, 1.82) is 0 Å². The van der Waals surface area contributed by atoms with Gasteiger partial charge in [-0.15, -0.1) is 0 Å². The second-order valence-corrected chi connectivity index (χ2v) is 6.98. The minimum Gasteiger partial charge on any atom is -0.508 e. The molecule has 0 heterocycles. The fourth-order valence-electron chi connectivity index (χ4n) is 2.83. The van der Waals surface area contributed by atoms with Gasteiger partial charge in [0.25, 0.3) is 0 Å². The lowest BCUT2D eigenvalue weighted by Crippen LogP contribution is -2.47. The Morgan fingerprint density at radius 1 is 1.00 bits per heavy atom. The molecular weight excluding hydrogens is 368 g/mol. The molecule has 2 aromatic rings. The Hall–Kier alpha value is -2.41. The van der Waals surface area contributed by atoms with Gasteiger partial charge in [-0.1, -0.05) is 62.2 Å². The van der Waals surface area contributed by atoms with Gasteiger partial charge in [-0.05, 0) is 48.9 Å². The fraction of sp³-hybridized carbons (Fsp3) is 0.435. The van der Waals surface area contributed by atoms with Crippen molar-refractivity contribution < 1.29 is 20.1 Å². The van der Waals surface area contributed by atoms with Crippen LogP contribution in [0.4, 0.5) is 0 Å². The third-order valence-electron chi connectivity index (χ3n) is 4.54. The predicted molar refractivity (Wildman–Crippen MR) is 116 cm³/mol. The topological polar surface area (TPSA) is 107 Å². The van der Waals surface area contributed by atoms with Gasteiger partial charge < -0.3 is 15.3 Å². The molecule has 0 radical (unpaired) electrons. The number of unbranched alkanes of at least 4 members (excludes halogenated alkanes) is 2. The smallest absolute Gasteiger partial charge is 0.322 e. The second-order valence-electron chi connectivity index (χ2n) is 6.98. The van der Waals surface area contributed by atoms with Crippen molar-refractivity contribution in [2.45, 2.75) is 51.5 Å². The van der Waals surface area contributed by atoms with Crippen molar-refractivity contribution >= 4 is 5.97 Å². The summed E-state index contributed by atoms with van der Waals surface area (Å²) in [5.41, 5.74) is 2.15. The summed E-state index contributed by atoms with van der Waals surface area (Å²) in [6.45, 7) is 2.95. The van der Waals surface area contributed by atoms with Crippen LogP contribution >= 0.6 is 0 Å². The number of carboxylic acid groups (broad SMARTS) is 1. The molecule has 0 amide bonds. The Labute approximate surface area is 173 Å². The third-order valence-corrected chi connectivity index (χ3v) is 4.54. The van der Waals surface area contributed by atoms with Gasteiger partial charge in [0.05, 0.1) is 0 Å². The summed E-state index contributed by atoms with van der Waals surface area (Å²) in [7, 11) is 0. The minimum absolute atomic E-state index is 0.170. The highest BCUT2D eigenvalue weighted by atomic mass is 16.4. The van der Waals surface area contributed by atoms with Crippen molar-refractivity contribution in [3.8, 4) is 5.75 Å². The third kappa shape index (κ3) is 10.6. The van der Waals surface area contributed by atoms with Gasteiger partial charge >= 0.3 is 5.97 Å². The maximum atomic E-state index is 11.3. The molecule has 0 fully saturated rings. The molecule has 1 atom stereocenters. The summed E-state index contributed by atoms with van der Waals surface area (Å²) in [5, 5.41) is 28.4. The minimum atomic E-state index is -0.924. The maximum absolute atomic E-state index is 11.3. The SMILES string of the molecule is CCCCCN(N)C(Cc1ccc(O)cc1)C(=O)O.OCCCc1ccccc1. The normalized spacial score (nSPS) is 11.6. The highest BCUT2D eigenvalue weighted by molar-refractivity contribution is 5.73. The molecular formula is C23H34N2O4. The van der Waals surface area contributed by atoms with Crippen LogP contribution in [-0.4, -0.2) is 45.5 Å². The number of benzene rings is 2. The number of nitrogens with zero attached hydrogens (tertiary/aromatic N) is 1. The van der Waals surface area contributed by atoms with Crippen LogP contribution in [0.25, 0.3) is 0 Å². The largest absolute Gasteiger partial charge is 0.508 e. The van der Waals surface area contributed by atoms with Crippen LogP contribution in [-0.2, 0) is 17.6 Å². The van der Waals surface area contributed by atoms with E-state index in [1.165, 1.54) is 10.6 Å². The highest BCUT2D eigenvalue weighted by Gasteiger charge is 2.23. The van der Waals surface area contributed by atoms with E-state index in [-0.39, 0.29) is 12.4 Å². The molecule has 0 aliphatic heterocycles. The zero-order valence-corrected chi connectivity index (χ0v) is 17.2. The molecule has 6 heteroatoms. The van der Waals surface area contributed by atoms with Crippen molar-refractivity contribution in [3.05, 3.63) is 65.7 Å². The Bertz CT molecular complexity index is 677. The second kappa shape index (κ2) is 14.6. The molecule has 2 aromatic carbocycles. The average Bonchev–Trinajstić information content (AvgIpc) is 2.73. The molecule has 0 saturated heterocycles. The van der Waals surface area contributed by atoms with E-state index in [1.807, 2.05) is 18.2 Å². The first-order chi connectivity index (χ1) is 14.0. The number of carbonyl (C=O) groups is 1. The van der Waals surface area contributed by atoms with E-state index in [4.69, 9.17) is 10.9 Å². The molecule has 2 rings (SSSR count). The average molecular weight is 403 g/mol. The lowest BCUT2D eigenvalue weighted by Gasteiger charge is -2.24. The van der Waals surface area contributed by atoms with E-state index in [2.05, 4.69) is 19.1 Å². The molecule has 0 aliphatic rings. The molecule has 1 unspecified atom stereocenters. The number of hydrogen-bond donors (Lipinski definition) is 4. The molecule has 5 N–H and O–H groups in total. The first kappa shape index (κ1) is 24.6. The lowest BCUT2D eigenvalue weighted by molar-refractivity contribution is -0.143. The van der Waals surface area contributed by atoms with Gasteiger partial charge in [-0.25, -0.2) is 5.01 Å². The van der Waals surface area contributed by atoms with Gasteiger partial charge in [-0.2, -0.15) is 0 Å². The van der Waals surface area contributed by atoms with Crippen molar-refractivity contribution in [2.75, 3.05) is 13.2 Å². The van der Waals surface area contributed by atoms with Gasteiger partial charge in [-0.3, -0.25) is 10.6 Å². The van der Waals surface area contributed by atoms with Crippen LogP contribution in [0.2, 0.25) is 0 Å². The van der Waals surface area contributed by atoms with Crippen LogP contribution in [0.5, 0.6) is 5.75 Å². The number of aromatic hydroxyl groups is 1. The summed E-state index contributed by atoms with van der Waals surface area (Å²) in [4.78, 5) is 11.3. The number of phenols is 1. The number of hydrazine groups is 1. The summed E-state index contributed by atoms with van der Waals surface area (Å²) < 4.78 is 0. The molecule has 0 spiro atoms. The van der Waals surface area contributed by atoms with Crippen molar-refractivity contribution in [2.24, 2.45) is 5.84 Å². The van der Waals surface area contributed by atoms with Crippen LogP contribution in [0, 0.1) is 0 Å². The first-order valence-corrected chi connectivity index (χ1v) is 10.1. The monoisotopic (exact) mass is 402 g/mol. The number of rotatable bonds is 11. The fourth-order valence-corrected chi connectivity index (χ4v) is 2.83. The Morgan fingerprint density at radius 3 is 2.21 bits per heavy atom. The number of aliphatic carboxylic acids is 1. The number of phenolic OH excluding ortho intramolecular Hbond substituents is 1. The number of hydrogen-bond acceptors (Lipinski definition) is 5. The summed E-state index contributed by atoms with van der Waals surface area (Å²) in [6.07, 6.45) is 5.19. The standard InChI is InChI=1S/C14H22N2O3.C9H12O/c1-2-3-4-9-16(15)13(14(18)19)10-11-5-7-12(17)8-6-11;10-8-4-7-9-5-2-1-3-6-9/h5-8,13,17H,2-4,9-10,15H2,1H3,(H,18,19);1-3,5-6,10H,4,7-8H2. The lowest BCUT2D eigenvalue weighted by atomic mass is 10.1. The summed E-state index contributed by atoms with van der Waals surface area (Å²) >= 11 is 0. The molecule has 0 aliphatic carbocycles. The van der Waals surface area contributed by atoms with Gasteiger partial charge in [0.2, 0.25) is 0 Å². The number of aliphatic hydroxyl groups excluding tert-OH is 1. The van der Waals surface area contributed by atoms with E-state index in [0.717, 1.165) is 37.7 Å². The van der Waals surface area contributed by atoms with E-state index in [9.17, 15) is 15.0 Å². The maximum Gasteiger partial charge on any atom is 0.322 e. The van der Waals surface area contributed by atoms with Crippen LogP contribution in [0.1, 0.15) is 43.7 Å². The quantitative estimate of drug-likeness (QED) is 0.261. The first-order valence-electron chi connectivity index (χ1n) is 10.1. The van der Waals surface area contributed by atoms with Gasteiger partial charge in [0.15, 0.2) is 0 Å². The molecule has 0 bridgehead atoms. The van der Waals surface area contributed by atoms with Crippen molar-refractivity contribution in [3.63, 3.8) is 0 Å². The van der Waals surface area contributed by atoms with Crippen LogP contribution < -0.4 is 5.84 Å². The molecule has 29 heavy (non-hydrogen) atoms. The molecule has 160 valence electrons. The van der Waals surface area contributed by atoms with Crippen LogP contribution in [0.15, 0.2) is 54.6 Å². The Kier molecular flexibility index (Phi) is 12.4. The highest BCUT2D eigenvalue weighted by Crippen LogP contribution is 2.13. The van der Waals surface area contributed by atoms with Crippen LogP contribution in [0.3, 0.4) is 0 Å². The van der Waals surface area contributed by atoms with E-state index >= 15 is 0 Å². The van der Waals surface area contributed by atoms with Crippen molar-refractivity contribution in [1.82, 2.24) is 5.01 Å². The van der Waals surface area contributed by atoms with E-state index in [1.54, 1.807) is 24.3 Å². The Morgan fingerprint density at radius 2 is 1.66 bits per heavy atom. The number of carboxylic acids is 1. The van der Waals surface area contributed by atoms with Gasteiger partial charge in [0.1, 0.15) is 11.8 Å². The predicted octanol–water partition coefficient (Wildman–Crippen LogP) is 3.37. The molecule has 0 aromatic heterocycles. The Balaban J connectivity index is 0.000000352. The molecule has 6 nitrogen and oxygen atoms in total. The summed E-state index contributed by atoms with van der Waals surface area (Å²) in [5.74, 6) is 5.09.